The molecule has 0 atom stereocenters. The lowest BCUT2D eigenvalue weighted by Crippen LogP contribution is -2.09. The van der Waals surface area contributed by atoms with E-state index in [0.717, 1.165) is 6.07 Å². The van der Waals surface area contributed by atoms with Gasteiger partial charge in [-0.3, -0.25) is 4.79 Å². The maximum Gasteiger partial charge on any atom is 0.433 e. The van der Waals surface area contributed by atoms with Crippen molar-refractivity contribution in [1.29, 1.82) is 0 Å². The highest BCUT2D eigenvalue weighted by molar-refractivity contribution is 5.97. The van der Waals surface area contributed by atoms with Gasteiger partial charge in [-0.25, -0.2) is 4.98 Å². The lowest BCUT2D eigenvalue weighted by Gasteiger charge is -2.09. The molecular weight excluding hydrogens is 247 g/mol. The fourth-order valence-electron chi connectivity index (χ4n) is 1.60. The number of carbonyl (C=O) groups is 1. The first-order chi connectivity index (χ1) is 8.45. The molecule has 1 heterocycles. The lowest BCUT2D eigenvalue weighted by molar-refractivity contribution is -0.140. The topological polar surface area (TPSA) is 39.2 Å². The summed E-state index contributed by atoms with van der Waals surface area (Å²) in [7, 11) is 1.40. The van der Waals surface area contributed by atoms with E-state index in [1.807, 2.05) is 0 Å². The molecular formula is C12H8F3NO2. The van der Waals surface area contributed by atoms with Gasteiger partial charge < -0.3 is 4.74 Å². The molecule has 6 heteroatoms. The fraction of sp³-hybridized carbons (Fsp3) is 0.167. The maximum absolute atomic E-state index is 12.6. The van der Waals surface area contributed by atoms with Gasteiger partial charge in [0.15, 0.2) is 6.29 Å². The number of ether oxygens (including phenoxy) is 1. The Kier molecular flexibility index (Phi) is 2.94. The molecule has 0 aliphatic rings. The minimum absolute atomic E-state index is 0.0463. The van der Waals surface area contributed by atoms with Crippen LogP contribution in [-0.2, 0) is 6.18 Å². The van der Waals surface area contributed by atoms with E-state index < -0.39 is 11.9 Å². The number of aldehydes is 1. The third kappa shape index (κ3) is 2.13. The van der Waals surface area contributed by atoms with Crippen LogP contribution in [-0.4, -0.2) is 18.4 Å². The largest absolute Gasteiger partial charge is 0.497 e. The van der Waals surface area contributed by atoms with Crippen LogP contribution in [0.25, 0.3) is 10.9 Å². The second-order valence-corrected chi connectivity index (χ2v) is 3.60. The number of hydrogen-bond donors (Lipinski definition) is 0. The van der Waals surface area contributed by atoms with Gasteiger partial charge >= 0.3 is 6.18 Å². The average molecular weight is 255 g/mol. The highest BCUT2D eigenvalue weighted by atomic mass is 19.4. The number of benzene rings is 1. The highest BCUT2D eigenvalue weighted by Crippen LogP contribution is 2.31. The Morgan fingerprint density at radius 3 is 2.56 bits per heavy atom. The SMILES string of the molecule is COc1ccc2c(C=O)cc(C(F)(F)F)nc2c1. The minimum atomic E-state index is -4.59. The molecule has 0 aliphatic heterocycles. The van der Waals surface area contributed by atoms with Crippen LogP contribution < -0.4 is 4.74 Å². The predicted molar refractivity (Wildman–Crippen MR) is 58.7 cm³/mol. The summed E-state index contributed by atoms with van der Waals surface area (Å²) in [5.41, 5.74) is -1.06. The second kappa shape index (κ2) is 4.29. The summed E-state index contributed by atoms with van der Waals surface area (Å²) in [6, 6.07) is 5.16. The van der Waals surface area contributed by atoms with Crippen molar-refractivity contribution < 1.29 is 22.7 Å². The Hall–Kier alpha value is -2.11. The quantitative estimate of drug-likeness (QED) is 0.774. The summed E-state index contributed by atoms with van der Waals surface area (Å²) in [6.07, 6.45) is -4.21. The number of nitrogens with zero attached hydrogens (tertiary/aromatic N) is 1. The van der Waals surface area contributed by atoms with Gasteiger partial charge in [-0.15, -0.1) is 0 Å². The van der Waals surface area contributed by atoms with E-state index in [2.05, 4.69) is 4.98 Å². The van der Waals surface area contributed by atoms with Crippen molar-refractivity contribution in [2.24, 2.45) is 0 Å². The molecule has 1 aromatic carbocycles. The highest BCUT2D eigenvalue weighted by Gasteiger charge is 2.33. The molecule has 0 unspecified atom stereocenters. The minimum Gasteiger partial charge on any atom is -0.497 e. The Labute approximate surface area is 100 Å². The fourth-order valence-corrected chi connectivity index (χ4v) is 1.60. The van der Waals surface area contributed by atoms with Gasteiger partial charge in [-0.05, 0) is 18.2 Å². The van der Waals surface area contributed by atoms with Crippen molar-refractivity contribution in [2.45, 2.75) is 6.18 Å². The van der Waals surface area contributed by atoms with Crippen molar-refractivity contribution in [2.75, 3.05) is 7.11 Å². The van der Waals surface area contributed by atoms with Gasteiger partial charge in [0.1, 0.15) is 11.4 Å². The predicted octanol–water partition coefficient (Wildman–Crippen LogP) is 3.07. The van der Waals surface area contributed by atoms with Gasteiger partial charge in [0.05, 0.1) is 12.6 Å². The van der Waals surface area contributed by atoms with Crippen molar-refractivity contribution in [3.63, 3.8) is 0 Å². The Balaban J connectivity index is 2.76. The number of fused-ring (bicyclic) bond motifs is 1. The average Bonchev–Trinajstić information content (AvgIpc) is 2.35. The first-order valence-corrected chi connectivity index (χ1v) is 4.97. The van der Waals surface area contributed by atoms with E-state index in [-0.39, 0.29) is 11.1 Å². The monoisotopic (exact) mass is 255 g/mol. The zero-order chi connectivity index (χ0) is 13.3. The molecule has 3 nitrogen and oxygen atoms in total. The maximum atomic E-state index is 12.6. The molecule has 0 bridgehead atoms. The summed E-state index contributed by atoms with van der Waals surface area (Å²) in [5, 5.41) is 0.360. The van der Waals surface area contributed by atoms with E-state index in [4.69, 9.17) is 4.74 Å². The Morgan fingerprint density at radius 2 is 2.00 bits per heavy atom. The van der Waals surface area contributed by atoms with Crippen LogP contribution in [0.5, 0.6) is 5.75 Å². The molecule has 2 rings (SSSR count). The zero-order valence-corrected chi connectivity index (χ0v) is 9.28. The zero-order valence-electron chi connectivity index (χ0n) is 9.28. The number of carbonyl (C=O) groups excluding carboxylic acids is 1. The standard InChI is InChI=1S/C12H8F3NO2/c1-18-8-2-3-9-7(6-17)4-11(12(13,14)15)16-10(9)5-8/h2-6H,1H3. The molecule has 0 radical (unpaired) electrons. The van der Waals surface area contributed by atoms with Crippen LogP contribution in [0.2, 0.25) is 0 Å². The van der Waals surface area contributed by atoms with Gasteiger partial charge in [0, 0.05) is 17.0 Å². The number of rotatable bonds is 2. The molecule has 0 aliphatic carbocycles. The van der Waals surface area contributed by atoms with Gasteiger partial charge in [-0.1, -0.05) is 0 Å². The van der Waals surface area contributed by atoms with Crippen LogP contribution in [0.4, 0.5) is 13.2 Å². The van der Waals surface area contributed by atoms with Crippen LogP contribution in [0.3, 0.4) is 0 Å². The van der Waals surface area contributed by atoms with Crippen LogP contribution >= 0.6 is 0 Å². The molecule has 0 fully saturated rings. The third-order valence-electron chi connectivity index (χ3n) is 2.47. The van der Waals surface area contributed by atoms with Crippen LogP contribution in [0.1, 0.15) is 16.1 Å². The summed E-state index contributed by atoms with van der Waals surface area (Å²) < 4.78 is 42.7. The molecule has 0 saturated carbocycles. The van der Waals surface area contributed by atoms with E-state index in [0.29, 0.717) is 17.4 Å². The molecule has 2 aromatic rings. The molecule has 0 saturated heterocycles. The van der Waals surface area contributed by atoms with Gasteiger partial charge in [0.25, 0.3) is 0 Å². The molecule has 1 aromatic heterocycles. The van der Waals surface area contributed by atoms with Crippen LogP contribution in [0.15, 0.2) is 24.3 Å². The smallest absolute Gasteiger partial charge is 0.433 e. The Bertz CT molecular complexity index is 608. The van der Waals surface area contributed by atoms with Crippen molar-refractivity contribution in [1.82, 2.24) is 4.98 Å². The number of halogens is 3. The summed E-state index contributed by atoms with van der Waals surface area (Å²) in [6.45, 7) is 0. The number of alkyl halides is 3. The first kappa shape index (κ1) is 12.3. The first-order valence-electron chi connectivity index (χ1n) is 4.97. The normalized spacial score (nSPS) is 11.6. The van der Waals surface area contributed by atoms with E-state index >= 15 is 0 Å². The second-order valence-electron chi connectivity index (χ2n) is 3.60. The number of hydrogen-bond acceptors (Lipinski definition) is 3. The Morgan fingerprint density at radius 1 is 1.28 bits per heavy atom. The van der Waals surface area contributed by atoms with Gasteiger partial charge in [-0.2, -0.15) is 13.2 Å². The summed E-state index contributed by atoms with van der Waals surface area (Å²) in [5.74, 6) is 0.381. The molecule has 94 valence electrons. The number of pyridine rings is 1. The number of methoxy groups -OCH3 is 1. The summed E-state index contributed by atoms with van der Waals surface area (Å²) >= 11 is 0. The molecule has 0 N–H and O–H groups in total. The van der Waals surface area contributed by atoms with E-state index in [1.165, 1.54) is 19.2 Å². The van der Waals surface area contributed by atoms with Crippen molar-refractivity contribution >= 4 is 17.2 Å². The molecule has 0 spiro atoms. The number of aromatic nitrogens is 1. The van der Waals surface area contributed by atoms with Gasteiger partial charge in [0.2, 0.25) is 0 Å². The van der Waals surface area contributed by atoms with Crippen molar-refractivity contribution in [3.05, 3.63) is 35.5 Å². The molecule has 0 amide bonds. The van der Waals surface area contributed by atoms with E-state index in [1.54, 1.807) is 6.07 Å². The lowest BCUT2D eigenvalue weighted by atomic mass is 10.1. The van der Waals surface area contributed by atoms with Crippen LogP contribution in [0, 0.1) is 0 Å². The van der Waals surface area contributed by atoms with Crippen molar-refractivity contribution in [3.8, 4) is 5.75 Å². The van der Waals surface area contributed by atoms with E-state index in [9.17, 15) is 18.0 Å². The third-order valence-corrected chi connectivity index (χ3v) is 2.47. The summed E-state index contributed by atoms with van der Waals surface area (Å²) in [4.78, 5) is 14.3. The molecule has 18 heavy (non-hydrogen) atoms.